The molecule has 1 aliphatic heterocycles. The number of hydrogen-bond donors (Lipinski definition) is 1. The molecule has 47 heavy (non-hydrogen) atoms. The van der Waals surface area contributed by atoms with E-state index in [1.54, 1.807) is 42.5 Å². The molecule has 3 heterocycles. The first-order chi connectivity index (χ1) is 22.8. The lowest BCUT2D eigenvalue weighted by Gasteiger charge is -2.23. The van der Waals surface area contributed by atoms with Gasteiger partial charge in [-0.25, -0.2) is 0 Å². The van der Waals surface area contributed by atoms with Crippen LogP contribution in [0.25, 0.3) is 5.76 Å². The van der Waals surface area contributed by atoms with Crippen molar-refractivity contribution in [2.45, 2.75) is 29.7 Å². The lowest BCUT2D eigenvalue weighted by atomic mass is 9.95. The van der Waals surface area contributed by atoms with Gasteiger partial charge in [0.25, 0.3) is 5.78 Å². The Morgan fingerprint density at radius 2 is 1.74 bits per heavy atom. The fourth-order valence-electron chi connectivity index (χ4n) is 4.96. The summed E-state index contributed by atoms with van der Waals surface area (Å²) in [5, 5.41) is 21.3. The number of nitrogens with zero attached hydrogens (tertiary/aromatic N) is 4. The first-order valence-corrected chi connectivity index (χ1v) is 16.9. The molecule has 9 nitrogen and oxygen atoms in total. The number of pyridine rings is 1. The van der Waals surface area contributed by atoms with E-state index in [0.717, 1.165) is 22.5 Å². The van der Waals surface area contributed by atoms with Gasteiger partial charge >= 0.3 is 5.91 Å². The number of ether oxygens (including phenoxy) is 2. The van der Waals surface area contributed by atoms with Gasteiger partial charge in [-0.15, -0.1) is 10.2 Å². The number of amides is 1. The van der Waals surface area contributed by atoms with Crippen LogP contribution in [0, 0.1) is 0 Å². The van der Waals surface area contributed by atoms with Crippen LogP contribution in [0.1, 0.15) is 35.2 Å². The average molecular weight is 706 g/mol. The maximum atomic E-state index is 13.7. The SMILES string of the molecule is CCOc1cc(C2C(=C(O)c3ccncc3)C(=O)C(=O)N2c2nnc(SCc3ccc(Cl)cc3Cl)s2)ccc1OCc1ccccc1. The number of ketones is 1. The fraction of sp³-hybridized carbons (Fsp3) is 0.147. The summed E-state index contributed by atoms with van der Waals surface area (Å²) in [4.78, 5) is 32.6. The van der Waals surface area contributed by atoms with Crippen LogP contribution in [0.3, 0.4) is 0 Å². The Morgan fingerprint density at radius 3 is 2.49 bits per heavy atom. The highest BCUT2D eigenvalue weighted by molar-refractivity contribution is 8.00. The second-order valence-electron chi connectivity index (χ2n) is 10.2. The zero-order valence-corrected chi connectivity index (χ0v) is 27.9. The standard InChI is InChI=1S/C34H26Cl2N4O5S2/c1-2-44-27-16-22(9-11-26(27)45-18-20-6-4-3-5-7-20)29-28(30(41)21-12-14-37-15-13-21)31(42)32(43)40(29)33-38-39-34(47-33)46-19-23-8-10-24(35)17-25(23)36/h3-17,29,41H,2,18-19H2,1H3. The van der Waals surface area contributed by atoms with Crippen molar-refractivity contribution in [3.05, 3.63) is 129 Å². The first kappa shape index (κ1) is 32.5. The van der Waals surface area contributed by atoms with Crippen LogP contribution >= 0.6 is 46.3 Å². The van der Waals surface area contributed by atoms with Crippen LogP contribution in [0.5, 0.6) is 11.5 Å². The summed E-state index contributed by atoms with van der Waals surface area (Å²) in [5.41, 5.74) is 2.58. The number of carbonyl (C=O) groups is 2. The average Bonchev–Trinajstić information content (AvgIpc) is 3.66. The molecule has 0 radical (unpaired) electrons. The second kappa shape index (κ2) is 14.6. The van der Waals surface area contributed by atoms with E-state index in [9.17, 15) is 14.7 Å². The molecule has 1 amide bonds. The Bertz CT molecular complexity index is 1960. The molecule has 1 fully saturated rings. The third-order valence-electron chi connectivity index (χ3n) is 7.19. The molecule has 2 aromatic heterocycles. The first-order valence-electron chi connectivity index (χ1n) is 14.4. The van der Waals surface area contributed by atoms with Crippen LogP contribution in [0.4, 0.5) is 5.13 Å². The summed E-state index contributed by atoms with van der Waals surface area (Å²) >= 11 is 14.9. The highest BCUT2D eigenvalue weighted by atomic mass is 35.5. The maximum absolute atomic E-state index is 13.7. The molecule has 1 N–H and O–H groups in total. The van der Waals surface area contributed by atoms with Crippen molar-refractivity contribution in [3.63, 3.8) is 0 Å². The smallest absolute Gasteiger partial charge is 0.301 e. The zero-order valence-electron chi connectivity index (χ0n) is 24.8. The Kier molecular flexibility index (Phi) is 10.1. The molecule has 3 aromatic carbocycles. The number of aliphatic hydroxyl groups excluding tert-OH is 1. The predicted octanol–water partition coefficient (Wildman–Crippen LogP) is 8.14. The minimum absolute atomic E-state index is 0.0982. The van der Waals surface area contributed by atoms with Crippen molar-refractivity contribution in [2.75, 3.05) is 11.5 Å². The number of anilines is 1. The maximum Gasteiger partial charge on any atom is 0.301 e. The van der Waals surface area contributed by atoms with Gasteiger partial charge in [0.05, 0.1) is 18.2 Å². The number of aliphatic hydroxyl groups is 1. The summed E-state index contributed by atoms with van der Waals surface area (Å²) in [6.45, 7) is 2.50. The number of thioether (sulfide) groups is 1. The van der Waals surface area contributed by atoms with Gasteiger partial charge in [-0.3, -0.25) is 19.5 Å². The molecule has 5 aromatic rings. The minimum atomic E-state index is -1.04. The van der Waals surface area contributed by atoms with Crippen molar-refractivity contribution in [1.29, 1.82) is 0 Å². The van der Waals surface area contributed by atoms with E-state index in [2.05, 4.69) is 15.2 Å². The number of halogens is 2. The van der Waals surface area contributed by atoms with Crippen LogP contribution in [-0.2, 0) is 21.9 Å². The molecular weight excluding hydrogens is 679 g/mol. The molecule has 1 atom stereocenters. The molecule has 1 aliphatic rings. The van der Waals surface area contributed by atoms with Crippen LogP contribution in [-0.4, -0.2) is 38.6 Å². The minimum Gasteiger partial charge on any atom is -0.507 e. The molecule has 6 rings (SSSR count). The summed E-state index contributed by atoms with van der Waals surface area (Å²) in [7, 11) is 0. The van der Waals surface area contributed by atoms with Gasteiger partial charge in [0.2, 0.25) is 5.13 Å². The Labute approximate surface area is 288 Å². The van der Waals surface area contributed by atoms with Crippen molar-refractivity contribution in [2.24, 2.45) is 0 Å². The Morgan fingerprint density at radius 1 is 0.957 bits per heavy atom. The van der Waals surface area contributed by atoms with Gasteiger partial charge in [0.15, 0.2) is 15.8 Å². The lowest BCUT2D eigenvalue weighted by molar-refractivity contribution is -0.132. The van der Waals surface area contributed by atoms with Gasteiger partial charge in [-0.2, -0.15) is 0 Å². The molecule has 13 heteroatoms. The van der Waals surface area contributed by atoms with Crippen molar-refractivity contribution in [1.82, 2.24) is 15.2 Å². The topological polar surface area (TPSA) is 115 Å². The molecule has 0 saturated carbocycles. The fourth-order valence-corrected chi connectivity index (χ4v) is 7.39. The number of carbonyl (C=O) groups excluding carboxylic acids is 2. The number of hydrogen-bond acceptors (Lipinski definition) is 10. The number of Topliss-reactive ketones (excluding diaryl/α,β-unsaturated/α-hetero) is 1. The molecule has 0 spiro atoms. The summed E-state index contributed by atoms with van der Waals surface area (Å²) < 4.78 is 12.6. The monoisotopic (exact) mass is 704 g/mol. The number of aromatic nitrogens is 3. The third-order valence-corrected chi connectivity index (χ3v) is 9.88. The van der Waals surface area contributed by atoms with Crippen LogP contribution in [0.15, 0.2) is 101 Å². The second-order valence-corrected chi connectivity index (χ2v) is 13.2. The summed E-state index contributed by atoms with van der Waals surface area (Å²) in [5.74, 6) is -0.649. The molecule has 1 unspecified atom stereocenters. The van der Waals surface area contributed by atoms with Gasteiger partial charge in [0.1, 0.15) is 12.4 Å². The normalized spacial score (nSPS) is 15.6. The van der Waals surface area contributed by atoms with E-state index in [-0.39, 0.29) is 16.5 Å². The predicted molar refractivity (Wildman–Crippen MR) is 183 cm³/mol. The van der Waals surface area contributed by atoms with Crippen molar-refractivity contribution < 1.29 is 24.2 Å². The largest absolute Gasteiger partial charge is 0.507 e. The highest BCUT2D eigenvalue weighted by Gasteiger charge is 2.48. The molecule has 238 valence electrons. The van der Waals surface area contributed by atoms with E-state index in [1.165, 1.54) is 29.1 Å². The Hall–Kier alpha value is -4.42. The van der Waals surface area contributed by atoms with E-state index in [1.807, 2.05) is 43.3 Å². The van der Waals surface area contributed by atoms with E-state index >= 15 is 0 Å². The Balaban J connectivity index is 1.38. The highest BCUT2D eigenvalue weighted by Crippen LogP contribution is 2.46. The lowest BCUT2D eigenvalue weighted by Crippen LogP contribution is -2.29. The van der Waals surface area contributed by atoms with Gasteiger partial charge in [-0.1, -0.05) is 88.8 Å². The van der Waals surface area contributed by atoms with Gasteiger partial charge in [-0.05, 0) is 60.0 Å². The van der Waals surface area contributed by atoms with Gasteiger partial charge in [0, 0.05) is 33.8 Å². The third kappa shape index (κ3) is 7.13. The van der Waals surface area contributed by atoms with Crippen molar-refractivity contribution >= 4 is 68.9 Å². The number of benzene rings is 3. The van der Waals surface area contributed by atoms with Gasteiger partial charge < -0.3 is 14.6 Å². The number of rotatable bonds is 11. The molecule has 1 saturated heterocycles. The van der Waals surface area contributed by atoms with E-state index < -0.39 is 17.7 Å². The molecule has 0 bridgehead atoms. The van der Waals surface area contributed by atoms with Crippen LogP contribution < -0.4 is 14.4 Å². The van der Waals surface area contributed by atoms with E-state index in [0.29, 0.717) is 56.0 Å². The summed E-state index contributed by atoms with van der Waals surface area (Å²) in [6.07, 6.45) is 2.99. The van der Waals surface area contributed by atoms with Crippen LogP contribution in [0.2, 0.25) is 10.0 Å². The zero-order chi connectivity index (χ0) is 32.9. The summed E-state index contributed by atoms with van der Waals surface area (Å²) in [6, 6.07) is 22.2. The van der Waals surface area contributed by atoms with E-state index in [4.69, 9.17) is 32.7 Å². The molecular formula is C34H26Cl2N4O5S2. The van der Waals surface area contributed by atoms with Crippen molar-refractivity contribution in [3.8, 4) is 11.5 Å². The quantitative estimate of drug-likeness (QED) is 0.0478. The molecule has 0 aliphatic carbocycles.